The zero-order chi connectivity index (χ0) is 16.2. The van der Waals surface area contributed by atoms with Gasteiger partial charge in [0.05, 0.1) is 6.10 Å². The molecular formula is C16H28N2O4. The summed E-state index contributed by atoms with van der Waals surface area (Å²) < 4.78 is 0. The summed E-state index contributed by atoms with van der Waals surface area (Å²) in [5.74, 6) is 0.156. The maximum atomic E-state index is 11.8. The van der Waals surface area contributed by atoms with Gasteiger partial charge in [0.2, 0.25) is 11.8 Å². The fraction of sp³-hybridized carbons (Fsp3) is 0.812. The average molecular weight is 312 g/mol. The number of hydrogen-bond donors (Lipinski definition) is 2. The van der Waals surface area contributed by atoms with Gasteiger partial charge in [0.25, 0.3) is 0 Å². The summed E-state index contributed by atoms with van der Waals surface area (Å²) >= 11 is 0. The highest BCUT2D eigenvalue weighted by molar-refractivity contribution is 5.76. The van der Waals surface area contributed by atoms with Crippen LogP contribution in [0.25, 0.3) is 0 Å². The molecule has 1 saturated heterocycles. The number of aldehydes is 1. The number of hydrogen-bond acceptors (Lipinski definition) is 4. The second-order valence-electron chi connectivity index (χ2n) is 5.86. The van der Waals surface area contributed by atoms with E-state index in [9.17, 15) is 19.5 Å². The van der Waals surface area contributed by atoms with Crippen LogP contribution in [0.2, 0.25) is 0 Å². The van der Waals surface area contributed by atoms with Crippen molar-refractivity contribution in [2.75, 3.05) is 19.6 Å². The monoisotopic (exact) mass is 312 g/mol. The molecule has 2 amide bonds. The molecule has 0 saturated carbocycles. The van der Waals surface area contributed by atoms with Gasteiger partial charge < -0.3 is 20.1 Å². The first kappa shape index (κ1) is 18.6. The summed E-state index contributed by atoms with van der Waals surface area (Å²) in [5.41, 5.74) is 0. The van der Waals surface area contributed by atoms with Gasteiger partial charge in [0.15, 0.2) is 0 Å². The van der Waals surface area contributed by atoms with E-state index in [1.807, 2.05) is 0 Å². The predicted octanol–water partition coefficient (Wildman–Crippen LogP) is 1.02. The summed E-state index contributed by atoms with van der Waals surface area (Å²) in [5, 5.41) is 12.2. The molecule has 0 aromatic heterocycles. The minimum absolute atomic E-state index is 0.0352. The molecule has 1 aliphatic rings. The normalized spacial score (nSPS) is 17.5. The van der Waals surface area contributed by atoms with Crippen molar-refractivity contribution < 1.29 is 19.5 Å². The van der Waals surface area contributed by atoms with Gasteiger partial charge in [0, 0.05) is 38.9 Å². The first-order valence-corrected chi connectivity index (χ1v) is 8.29. The molecule has 22 heavy (non-hydrogen) atoms. The zero-order valence-corrected chi connectivity index (χ0v) is 13.3. The van der Waals surface area contributed by atoms with Crippen molar-refractivity contribution >= 4 is 18.1 Å². The fourth-order valence-corrected chi connectivity index (χ4v) is 2.53. The lowest BCUT2D eigenvalue weighted by molar-refractivity contribution is -0.130. The SMILES string of the molecule is O=CCCCCC(=O)NCCCCCC(=O)N1CCC(O)C1. The number of nitrogens with zero attached hydrogens (tertiary/aromatic N) is 1. The molecule has 1 atom stereocenters. The number of unbranched alkanes of at least 4 members (excludes halogenated alkanes) is 4. The van der Waals surface area contributed by atoms with Gasteiger partial charge in [-0.1, -0.05) is 6.42 Å². The summed E-state index contributed by atoms with van der Waals surface area (Å²) in [6, 6.07) is 0. The van der Waals surface area contributed by atoms with Gasteiger partial charge >= 0.3 is 0 Å². The Morgan fingerprint density at radius 2 is 1.91 bits per heavy atom. The number of rotatable bonds is 11. The van der Waals surface area contributed by atoms with Crippen LogP contribution in [0.15, 0.2) is 0 Å². The predicted molar refractivity (Wildman–Crippen MR) is 83.2 cm³/mol. The van der Waals surface area contributed by atoms with Crippen molar-refractivity contribution in [3.63, 3.8) is 0 Å². The van der Waals surface area contributed by atoms with Crippen LogP contribution in [0.4, 0.5) is 0 Å². The average Bonchev–Trinajstić information content (AvgIpc) is 2.93. The lowest BCUT2D eigenvalue weighted by atomic mass is 10.1. The molecule has 126 valence electrons. The third-order valence-corrected chi connectivity index (χ3v) is 3.88. The van der Waals surface area contributed by atoms with Crippen LogP contribution < -0.4 is 5.32 Å². The second-order valence-corrected chi connectivity index (χ2v) is 5.86. The molecule has 1 aliphatic heterocycles. The highest BCUT2D eigenvalue weighted by Crippen LogP contribution is 2.11. The largest absolute Gasteiger partial charge is 0.391 e. The Morgan fingerprint density at radius 3 is 2.59 bits per heavy atom. The number of aliphatic hydroxyl groups excluding tert-OH is 1. The smallest absolute Gasteiger partial charge is 0.222 e. The Morgan fingerprint density at radius 1 is 1.14 bits per heavy atom. The highest BCUT2D eigenvalue weighted by atomic mass is 16.3. The lowest BCUT2D eigenvalue weighted by Crippen LogP contribution is -2.29. The molecule has 1 fully saturated rings. The van der Waals surface area contributed by atoms with Gasteiger partial charge in [-0.25, -0.2) is 0 Å². The molecule has 1 heterocycles. The Hall–Kier alpha value is -1.43. The molecule has 0 aromatic rings. The number of aliphatic hydroxyl groups is 1. The van der Waals surface area contributed by atoms with Gasteiger partial charge in [-0.3, -0.25) is 9.59 Å². The third kappa shape index (κ3) is 8.12. The van der Waals surface area contributed by atoms with Crippen molar-refractivity contribution in [3.8, 4) is 0 Å². The lowest BCUT2D eigenvalue weighted by Gasteiger charge is -2.15. The Bertz CT molecular complexity index is 360. The van der Waals surface area contributed by atoms with Crippen LogP contribution in [0.1, 0.15) is 57.8 Å². The highest BCUT2D eigenvalue weighted by Gasteiger charge is 2.23. The van der Waals surface area contributed by atoms with Crippen molar-refractivity contribution in [3.05, 3.63) is 0 Å². The van der Waals surface area contributed by atoms with Gasteiger partial charge in [-0.05, 0) is 32.1 Å². The Balaban J connectivity index is 1.91. The summed E-state index contributed by atoms with van der Waals surface area (Å²) in [4.78, 5) is 35.1. The van der Waals surface area contributed by atoms with E-state index in [1.54, 1.807) is 4.90 Å². The van der Waals surface area contributed by atoms with Crippen LogP contribution in [-0.2, 0) is 14.4 Å². The number of carbonyl (C=O) groups is 3. The number of β-amino-alcohol motifs (C(OH)–C–C–N with tert-alkyl or cyclic N) is 1. The standard InChI is InChI=1S/C16H28N2O4/c19-12-6-2-3-7-15(21)17-10-5-1-4-8-16(22)18-11-9-14(20)13-18/h12,14,20H,1-11,13H2,(H,17,21). The molecule has 0 spiro atoms. The first-order valence-electron chi connectivity index (χ1n) is 8.29. The zero-order valence-electron chi connectivity index (χ0n) is 13.3. The minimum Gasteiger partial charge on any atom is -0.391 e. The molecule has 0 radical (unpaired) electrons. The van der Waals surface area contributed by atoms with E-state index in [-0.39, 0.29) is 17.9 Å². The molecule has 2 N–H and O–H groups in total. The minimum atomic E-state index is -0.356. The fourth-order valence-electron chi connectivity index (χ4n) is 2.53. The van der Waals surface area contributed by atoms with E-state index in [4.69, 9.17) is 0 Å². The van der Waals surface area contributed by atoms with Crippen molar-refractivity contribution in [2.45, 2.75) is 63.9 Å². The van der Waals surface area contributed by atoms with Gasteiger partial charge in [-0.2, -0.15) is 0 Å². The first-order chi connectivity index (χ1) is 10.6. The summed E-state index contributed by atoms with van der Waals surface area (Å²) in [7, 11) is 0. The molecule has 6 nitrogen and oxygen atoms in total. The van der Waals surface area contributed by atoms with Gasteiger partial charge in [0.1, 0.15) is 6.29 Å². The van der Waals surface area contributed by atoms with Crippen LogP contribution in [0.5, 0.6) is 0 Å². The Kier molecular flexibility index (Phi) is 9.46. The van der Waals surface area contributed by atoms with E-state index < -0.39 is 0 Å². The topological polar surface area (TPSA) is 86.7 Å². The Labute approximate surface area is 132 Å². The third-order valence-electron chi connectivity index (χ3n) is 3.88. The van der Waals surface area contributed by atoms with E-state index in [1.165, 1.54) is 0 Å². The number of nitrogens with one attached hydrogen (secondary N) is 1. The second kappa shape index (κ2) is 11.2. The number of amides is 2. The molecular weight excluding hydrogens is 284 g/mol. The van der Waals surface area contributed by atoms with E-state index >= 15 is 0 Å². The quantitative estimate of drug-likeness (QED) is 0.440. The van der Waals surface area contributed by atoms with E-state index in [0.717, 1.165) is 38.4 Å². The molecule has 0 aromatic carbocycles. The maximum Gasteiger partial charge on any atom is 0.222 e. The van der Waals surface area contributed by atoms with Crippen LogP contribution in [-0.4, -0.2) is 53.8 Å². The molecule has 1 rings (SSSR count). The van der Waals surface area contributed by atoms with Crippen LogP contribution in [0.3, 0.4) is 0 Å². The van der Waals surface area contributed by atoms with Crippen molar-refractivity contribution in [1.82, 2.24) is 10.2 Å². The number of carbonyl (C=O) groups excluding carboxylic acids is 3. The van der Waals surface area contributed by atoms with E-state index in [2.05, 4.69) is 5.32 Å². The number of likely N-dealkylation sites (tertiary alicyclic amines) is 1. The summed E-state index contributed by atoms with van der Waals surface area (Å²) in [6.07, 6.45) is 6.85. The van der Waals surface area contributed by atoms with Crippen LogP contribution in [0, 0.1) is 0 Å². The molecule has 6 heteroatoms. The van der Waals surface area contributed by atoms with Crippen molar-refractivity contribution in [1.29, 1.82) is 0 Å². The van der Waals surface area contributed by atoms with Crippen LogP contribution >= 0.6 is 0 Å². The summed E-state index contributed by atoms with van der Waals surface area (Å²) in [6.45, 7) is 1.78. The van der Waals surface area contributed by atoms with Gasteiger partial charge in [-0.15, -0.1) is 0 Å². The molecule has 1 unspecified atom stereocenters. The molecule has 0 aliphatic carbocycles. The molecule has 0 bridgehead atoms. The van der Waals surface area contributed by atoms with E-state index in [0.29, 0.717) is 45.3 Å². The van der Waals surface area contributed by atoms with Crippen molar-refractivity contribution in [2.24, 2.45) is 0 Å². The maximum absolute atomic E-state index is 11.8.